The molecule has 2 amide bonds. The van der Waals surface area contributed by atoms with E-state index in [1.54, 1.807) is 20.8 Å². The topological polar surface area (TPSA) is 81.4 Å². The van der Waals surface area contributed by atoms with Crippen LogP contribution in [0.15, 0.2) is 0 Å². The van der Waals surface area contributed by atoms with E-state index in [9.17, 15) is 9.59 Å². The molecule has 0 rings (SSSR count). The summed E-state index contributed by atoms with van der Waals surface area (Å²) in [5.41, 5.74) is 4.82. The van der Waals surface area contributed by atoms with Gasteiger partial charge in [0.05, 0.1) is 6.04 Å². The number of rotatable bonds is 3. The molecule has 0 fully saturated rings. The number of ether oxygens (including phenoxy) is 1. The van der Waals surface area contributed by atoms with Gasteiger partial charge in [0, 0.05) is 5.75 Å². The van der Waals surface area contributed by atoms with E-state index >= 15 is 0 Å². The fraction of sp³-hybridized carbons (Fsp3) is 0.750. The Kier molecular flexibility index (Phi) is 6.07. The standard InChI is InChI=1S/C8H16N2O3S2/c1-8(2,3)13-7(12)10-6(11)5(9)4-15-14/h5,14H,4,9H2,1-3H3,(H,10,11,12)/t5-/m0/s1. The number of alkyl carbamates (subject to hydrolysis) is 1. The van der Waals surface area contributed by atoms with Crippen LogP contribution in [0.1, 0.15) is 20.8 Å². The van der Waals surface area contributed by atoms with Crippen LogP contribution in [0.4, 0.5) is 4.79 Å². The Bertz CT molecular complexity index is 241. The third-order valence-corrected chi connectivity index (χ3v) is 2.17. The van der Waals surface area contributed by atoms with E-state index in [-0.39, 0.29) is 0 Å². The average molecular weight is 252 g/mol. The summed E-state index contributed by atoms with van der Waals surface area (Å²) in [6, 6.07) is -0.764. The highest BCUT2D eigenvalue weighted by Crippen LogP contribution is 2.07. The lowest BCUT2D eigenvalue weighted by Crippen LogP contribution is -2.46. The number of carbonyl (C=O) groups is 2. The van der Waals surface area contributed by atoms with Crippen molar-refractivity contribution in [3.05, 3.63) is 0 Å². The summed E-state index contributed by atoms with van der Waals surface area (Å²) in [5, 5.41) is 2.05. The van der Waals surface area contributed by atoms with Gasteiger partial charge in [-0.1, -0.05) is 10.8 Å². The lowest BCUT2D eigenvalue weighted by Gasteiger charge is -2.19. The molecular weight excluding hydrogens is 236 g/mol. The molecule has 0 radical (unpaired) electrons. The van der Waals surface area contributed by atoms with Crippen LogP contribution in [0.25, 0.3) is 0 Å². The molecule has 0 unspecified atom stereocenters. The van der Waals surface area contributed by atoms with Crippen molar-refractivity contribution in [3.63, 3.8) is 0 Å². The molecule has 3 N–H and O–H groups in total. The first-order valence-corrected chi connectivity index (χ1v) is 6.36. The maximum Gasteiger partial charge on any atom is 0.414 e. The van der Waals surface area contributed by atoms with Gasteiger partial charge >= 0.3 is 6.09 Å². The van der Waals surface area contributed by atoms with Gasteiger partial charge < -0.3 is 10.5 Å². The lowest BCUT2D eigenvalue weighted by atomic mass is 10.2. The van der Waals surface area contributed by atoms with Crippen molar-refractivity contribution in [2.45, 2.75) is 32.4 Å². The lowest BCUT2D eigenvalue weighted by molar-refractivity contribution is -0.121. The SMILES string of the molecule is CC(C)(C)OC(=O)NC(=O)[C@@H](N)CSS. The van der Waals surface area contributed by atoms with Crippen LogP contribution >= 0.6 is 22.5 Å². The predicted molar refractivity (Wildman–Crippen MR) is 63.8 cm³/mol. The molecule has 15 heavy (non-hydrogen) atoms. The van der Waals surface area contributed by atoms with Gasteiger partial charge in [0.1, 0.15) is 5.60 Å². The number of hydrogen-bond acceptors (Lipinski definition) is 6. The number of nitrogens with two attached hydrogens (primary N) is 1. The fourth-order valence-electron chi connectivity index (χ4n) is 0.653. The molecule has 0 heterocycles. The van der Waals surface area contributed by atoms with Gasteiger partial charge in [-0.25, -0.2) is 4.79 Å². The van der Waals surface area contributed by atoms with Crippen LogP contribution in [0.5, 0.6) is 0 Å². The minimum atomic E-state index is -0.785. The second-order valence-corrected chi connectivity index (χ2v) is 5.26. The summed E-state index contributed by atoms with van der Waals surface area (Å²) < 4.78 is 4.88. The number of hydrogen-bond donors (Lipinski definition) is 3. The van der Waals surface area contributed by atoms with Crippen molar-refractivity contribution in [3.8, 4) is 0 Å². The summed E-state index contributed by atoms with van der Waals surface area (Å²) in [4.78, 5) is 22.4. The first-order chi connectivity index (χ1) is 6.76. The molecule has 0 aromatic heterocycles. The molecule has 5 nitrogen and oxygen atoms in total. The zero-order valence-corrected chi connectivity index (χ0v) is 10.7. The van der Waals surface area contributed by atoms with Crippen LogP contribution in [-0.2, 0) is 9.53 Å². The molecule has 0 aliphatic carbocycles. The van der Waals surface area contributed by atoms with Gasteiger partial charge in [-0.05, 0) is 20.8 Å². The number of imide groups is 1. The van der Waals surface area contributed by atoms with Crippen molar-refractivity contribution in [2.24, 2.45) is 5.73 Å². The number of thiol groups is 1. The molecule has 0 spiro atoms. The summed E-state index contributed by atoms with van der Waals surface area (Å²) in [6.45, 7) is 5.13. The smallest absolute Gasteiger partial charge is 0.414 e. The summed E-state index contributed by atoms with van der Waals surface area (Å²) in [5.74, 6) is -0.233. The highest BCUT2D eigenvalue weighted by molar-refractivity contribution is 8.68. The van der Waals surface area contributed by atoms with E-state index in [4.69, 9.17) is 10.5 Å². The molecule has 88 valence electrons. The van der Waals surface area contributed by atoms with Crippen LogP contribution < -0.4 is 11.1 Å². The molecule has 0 aromatic carbocycles. The summed E-state index contributed by atoms with van der Waals surface area (Å²) in [7, 11) is 1.13. The first-order valence-electron chi connectivity index (χ1n) is 4.32. The maximum absolute atomic E-state index is 11.2. The summed E-state index contributed by atoms with van der Waals surface area (Å²) >= 11 is 3.85. The molecule has 0 saturated carbocycles. The van der Waals surface area contributed by atoms with Gasteiger partial charge in [0.25, 0.3) is 0 Å². The number of nitrogens with one attached hydrogen (secondary N) is 1. The van der Waals surface area contributed by atoms with Crippen molar-refractivity contribution in [1.82, 2.24) is 5.32 Å². The molecule has 1 atom stereocenters. The zero-order valence-electron chi connectivity index (χ0n) is 8.94. The van der Waals surface area contributed by atoms with E-state index in [0.29, 0.717) is 5.75 Å². The van der Waals surface area contributed by atoms with Crippen LogP contribution in [0.3, 0.4) is 0 Å². The van der Waals surface area contributed by atoms with Crippen LogP contribution in [0, 0.1) is 0 Å². The minimum Gasteiger partial charge on any atom is -0.444 e. The third kappa shape index (κ3) is 7.52. The normalized spacial score (nSPS) is 13.1. The van der Waals surface area contributed by atoms with E-state index in [1.165, 1.54) is 0 Å². The molecule has 0 aliphatic heterocycles. The van der Waals surface area contributed by atoms with Gasteiger partial charge in [0.15, 0.2) is 0 Å². The molecule has 0 saturated heterocycles. The average Bonchev–Trinajstić information content (AvgIpc) is 2.00. The largest absolute Gasteiger partial charge is 0.444 e. The van der Waals surface area contributed by atoms with Crippen molar-refractivity contribution in [2.75, 3.05) is 5.75 Å². The molecule has 0 bridgehead atoms. The highest BCUT2D eigenvalue weighted by atomic mass is 33.1. The molecule has 7 heteroatoms. The zero-order chi connectivity index (χ0) is 12.1. The Morgan fingerprint density at radius 2 is 2.07 bits per heavy atom. The maximum atomic E-state index is 11.2. The number of carbonyl (C=O) groups excluding carboxylic acids is 2. The Balaban J connectivity index is 4.02. The van der Waals surface area contributed by atoms with Gasteiger partial charge in [-0.3, -0.25) is 10.1 Å². The van der Waals surface area contributed by atoms with Gasteiger partial charge in [-0.2, -0.15) is 0 Å². The third-order valence-electron chi connectivity index (χ3n) is 1.22. The minimum absolute atomic E-state index is 0.331. The second-order valence-electron chi connectivity index (χ2n) is 3.89. The van der Waals surface area contributed by atoms with Crippen molar-refractivity contribution in [1.29, 1.82) is 0 Å². The highest BCUT2D eigenvalue weighted by Gasteiger charge is 2.20. The van der Waals surface area contributed by atoms with Gasteiger partial charge in [-0.15, -0.1) is 11.7 Å². The van der Waals surface area contributed by atoms with E-state index in [1.807, 2.05) is 5.32 Å². The molecule has 0 aromatic rings. The summed E-state index contributed by atoms with van der Waals surface area (Å²) in [6.07, 6.45) is -0.785. The van der Waals surface area contributed by atoms with Crippen LogP contribution in [0.2, 0.25) is 0 Å². The Morgan fingerprint density at radius 3 is 2.47 bits per heavy atom. The first kappa shape index (κ1) is 14.6. The van der Waals surface area contributed by atoms with E-state index in [2.05, 4.69) is 11.7 Å². The van der Waals surface area contributed by atoms with E-state index < -0.39 is 23.6 Å². The van der Waals surface area contributed by atoms with Gasteiger partial charge in [0.2, 0.25) is 5.91 Å². The van der Waals surface area contributed by atoms with E-state index in [0.717, 1.165) is 10.8 Å². The Morgan fingerprint density at radius 1 is 1.53 bits per heavy atom. The molecular formula is C8H16N2O3S2. The van der Waals surface area contributed by atoms with Crippen molar-refractivity contribution >= 4 is 34.5 Å². The van der Waals surface area contributed by atoms with Crippen molar-refractivity contribution < 1.29 is 14.3 Å². The predicted octanol–water partition coefficient (Wildman–Crippen LogP) is 0.943. The quantitative estimate of drug-likeness (QED) is 0.514. The van der Waals surface area contributed by atoms with Crippen LogP contribution in [-0.4, -0.2) is 29.4 Å². The fourth-order valence-corrected chi connectivity index (χ4v) is 1.45. The second kappa shape index (κ2) is 6.24. The Labute approximate surface area is 98.3 Å². The number of amides is 2. The monoisotopic (exact) mass is 252 g/mol. The molecule has 0 aliphatic rings. The Hall–Kier alpha value is -0.400.